The van der Waals surface area contributed by atoms with Crippen molar-refractivity contribution in [3.05, 3.63) is 28.3 Å². The van der Waals surface area contributed by atoms with Crippen LogP contribution in [0, 0.1) is 32.1 Å². The number of benzene rings is 1. The van der Waals surface area contributed by atoms with Crippen LogP contribution in [0.2, 0.25) is 0 Å². The second kappa shape index (κ2) is 5.53. The minimum Gasteiger partial charge on any atom is -0.496 e. The van der Waals surface area contributed by atoms with E-state index in [-0.39, 0.29) is 0 Å². The highest BCUT2D eigenvalue weighted by atomic mass is 16.5. The van der Waals surface area contributed by atoms with Crippen molar-refractivity contribution in [3.63, 3.8) is 0 Å². The fourth-order valence-electron chi connectivity index (χ4n) is 1.83. The van der Waals surface area contributed by atoms with Gasteiger partial charge < -0.3 is 10.1 Å². The van der Waals surface area contributed by atoms with Crippen LogP contribution in [0.5, 0.6) is 5.75 Å². The third kappa shape index (κ3) is 2.53. The summed E-state index contributed by atoms with van der Waals surface area (Å²) >= 11 is 0. The molecule has 0 aliphatic rings. The van der Waals surface area contributed by atoms with Crippen LogP contribution in [-0.2, 0) is 6.54 Å². The maximum atomic E-state index is 8.49. The summed E-state index contributed by atoms with van der Waals surface area (Å²) in [6.45, 7) is 7.33. The number of rotatable bonds is 4. The lowest BCUT2D eigenvalue weighted by atomic mass is 9.97. The molecule has 0 heterocycles. The van der Waals surface area contributed by atoms with E-state index in [9.17, 15) is 0 Å². The summed E-state index contributed by atoms with van der Waals surface area (Å²) in [5.41, 5.74) is 4.86. The fourth-order valence-corrected chi connectivity index (χ4v) is 1.83. The Hall–Kier alpha value is -1.53. The molecule has 86 valence electrons. The first-order valence-corrected chi connectivity index (χ1v) is 5.33. The minimum atomic E-state index is 0.379. The van der Waals surface area contributed by atoms with Crippen molar-refractivity contribution in [2.45, 2.75) is 27.3 Å². The number of nitrogens with one attached hydrogen (secondary N) is 1. The monoisotopic (exact) mass is 218 g/mol. The average Bonchev–Trinajstić information content (AvgIpc) is 2.28. The van der Waals surface area contributed by atoms with Gasteiger partial charge in [-0.05, 0) is 49.1 Å². The number of aryl methyl sites for hydroxylation is 1. The van der Waals surface area contributed by atoms with Crippen LogP contribution in [-0.4, -0.2) is 13.7 Å². The van der Waals surface area contributed by atoms with Crippen molar-refractivity contribution in [1.82, 2.24) is 5.32 Å². The van der Waals surface area contributed by atoms with Gasteiger partial charge >= 0.3 is 0 Å². The standard InChI is InChI=1S/C13H18N2O/c1-9-7-13(16-4)11(3)10(2)12(9)8-15-6-5-14/h7,15H,6,8H2,1-4H3. The molecular weight excluding hydrogens is 200 g/mol. The summed E-state index contributed by atoms with van der Waals surface area (Å²) in [5, 5.41) is 11.6. The normalized spacial score (nSPS) is 9.94. The summed E-state index contributed by atoms with van der Waals surface area (Å²) in [5.74, 6) is 0.930. The van der Waals surface area contributed by atoms with Crippen molar-refractivity contribution in [2.75, 3.05) is 13.7 Å². The lowest BCUT2D eigenvalue weighted by Crippen LogP contribution is -2.15. The molecule has 0 aliphatic carbocycles. The first kappa shape index (κ1) is 12.5. The molecule has 0 aromatic heterocycles. The van der Waals surface area contributed by atoms with E-state index in [2.05, 4.69) is 32.2 Å². The van der Waals surface area contributed by atoms with E-state index in [1.165, 1.54) is 22.3 Å². The lowest BCUT2D eigenvalue weighted by Gasteiger charge is -2.15. The Morgan fingerprint density at radius 1 is 1.31 bits per heavy atom. The van der Waals surface area contributed by atoms with Gasteiger partial charge in [-0.2, -0.15) is 5.26 Å². The fraction of sp³-hybridized carbons (Fsp3) is 0.462. The van der Waals surface area contributed by atoms with E-state index in [1.54, 1.807) is 7.11 Å². The van der Waals surface area contributed by atoms with Gasteiger partial charge in [-0.1, -0.05) is 0 Å². The number of hydrogen-bond acceptors (Lipinski definition) is 3. The lowest BCUT2D eigenvalue weighted by molar-refractivity contribution is 0.410. The van der Waals surface area contributed by atoms with E-state index in [0.29, 0.717) is 6.54 Å². The zero-order valence-electron chi connectivity index (χ0n) is 10.3. The molecule has 0 radical (unpaired) electrons. The summed E-state index contributed by atoms with van der Waals surface area (Å²) in [7, 11) is 1.69. The van der Waals surface area contributed by atoms with Gasteiger partial charge in [0.15, 0.2) is 0 Å². The molecule has 1 rings (SSSR count). The second-order valence-electron chi connectivity index (χ2n) is 3.89. The zero-order chi connectivity index (χ0) is 12.1. The van der Waals surface area contributed by atoms with Crippen LogP contribution in [0.25, 0.3) is 0 Å². The van der Waals surface area contributed by atoms with Gasteiger partial charge in [0.05, 0.1) is 19.7 Å². The van der Waals surface area contributed by atoms with Gasteiger partial charge in [-0.3, -0.25) is 0 Å². The van der Waals surface area contributed by atoms with Crippen molar-refractivity contribution < 1.29 is 4.74 Å². The summed E-state index contributed by atoms with van der Waals surface area (Å²) in [6, 6.07) is 4.13. The molecule has 3 heteroatoms. The Morgan fingerprint density at radius 2 is 2.00 bits per heavy atom. The molecule has 16 heavy (non-hydrogen) atoms. The average molecular weight is 218 g/mol. The third-order valence-corrected chi connectivity index (χ3v) is 2.93. The maximum Gasteiger partial charge on any atom is 0.122 e. The number of nitrogens with zero attached hydrogens (tertiary/aromatic N) is 1. The van der Waals surface area contributed by atoms with Crippen LogP contribution in [0.3, 0.4) is 0 Å². The van der Waals surface area contributed by atoms with Crippen molar-refractivity contribution in [1.29, 1.82) is 5.26 Å². The Balaban J connectivity index is 3.01. The molecule has 0 atom stereocenters. The van der Waals surface area contributed by atoms with Gasteiger partial charge in [-0.15, -0.1) is 0 Å². The quantitative estimate of drug-likeness (QED) is 0.622. The van der Waals surface area contributed by atoms with Gasteiger partial charge in [0, 0.05) is 6.54 Å². The van der Waals surface area contributed by atoms with Gasteiger partial charge in [0.2, 0.25) is 0 Å². The predicted octanol–water partition coefficient (Wildman–Crippen LogP) is 2.23. The van der Waals surface area contributed by atoms with E-state index in [4.69, 9.17) is 10.00 Å². The molecule has 0 aliphatic heterocycles. The molecular formula is C13H18N2O. The summed E-state index contributed by atoms with van der Waals surface area (Å²) < 4.78 is 5.31. The molecule has 0 unspecified atom stereocenters. The number of methoxy groups -OCH3 is 1. The smallest absolute Gasteiger partial charge is 0.122 e. The van der Waals surface area contributed by atoms with Crippen molar-refractivity contribution >= 4 is 0 Å². The van der Waals surface area contributed by atoms with Gasteiger partial charge in [0.1, 0.15) is 5.75 Å². The van der Waals surface area contributed by atoms with Crippen LogP contribution in [0.4, 0.5) is 0 Å². The highest BCUT2D eigenvalue weighted by molar-refractivity contribution is 5.48. The Bertz CT molecular complexity index is 419. The Kier molecular flexibility index (Phi) is 4.33. The summed E-state index contributed by atoms with van der Waals surface area (Å²) in [4.78, 5) is 0. The molecule has 1 N–H and O–H groups in total. The highest BCUT2D eigenvalue weighted by Gasteiger charge is 2.09. The molecule has 3 nitrogen and oxygen atoms in total. The Labute approximate surface area is 97.0 Å². The molecule has 1 aromatic rings. The molecule has 0 saturated carbocycles. The van der Waals surface area contributed by atoms with E-state index in [1.807, 2.05) is 6.07 Å². The first-order chi connectivity index (χ1) is 7.61. The van der Waals surface area contributed by atoms with E-state index < -0.39 is 0 Å². The first-order valence-electron chi connectivity index (χ1n) is 5.33. The number of nitriles is 1. The number of ether oxygens (including phenoxy) is 1. The van der Waals surface area contributed by atoms with Crippen molar-refractivity contribution in [3.8, 4) is 11.8 Å². The second-order valence-corrected chi connectivity index (χ2v) is 3.89. The molecule has 0 saturated heterocycles. The highest BCUT2D eigenvalue weighted by Crippen LogP contribution is 2.27. The molecule has 0 bridgehead atoms. The van der Waals surface area contributed by atoms with Crippen LogP contribution in [0.1, 0.15) is 22.3 Å². The third-order valence-electron chi connectivity index (χ3n) is 2.93. The Morgan fingerprint density at radius 3 is 2.56 bits per heavy atom. The van der Waals surface area contributed by atoms with Gasteiger partial charge in [-0.25, -0.2) is 0 Å². The predicted molar refractivity (Wildman–Crippen MR) is 64.5 cm³/mol. The molecule has 0 fully saturated rings. The summed E-state index contributed by atoms with van der Waals surface area (Å²) in [6.07, 6.45) is 0. The van der Waals surface area contributed by atoms with Gasteiger partial charge in [0.25, 0.3) is 0 Å². The van der Waals surface area contributed by atoms with Crippen LogP contribution < -0.4 is 10.1 Å². The minimum absolute atomic E-state index is 0.379. The SMILES string of the molecule is COc1cc(C)c(CNCC#N)c(C)c1C. The van der Waals surface area contributed by atoms with E-state index in [0.717, 1.165) is 12.3 Å². The molecule has 1 aromatic carbocycles. The van der Waals surface area contributed by atoms with Crippen molar-refractivity contribution in [2.24, 2.45) is 0 Å². The molecule has 0 amide bonds. The maximum absolute atomic E-state index is 8.49. The zero-order valence-corrected chi connectivity index (χ0v) is 10.3. The topological polar surface area (TPSA) is 45.0 Å². The number of hydrogen-bond donors (Lipinski definition) is 1. The van der Waals surface area contributed by atoms with Crippen LogP contribution in [0.15, 0.2) is 6.07 Å². The van der Waals surface area contributed by atoms with Crippen LogP contribution >= 0.6 is 0 Å². The molecule has 0 spiro atoms. The largest absolute Gasteiger partial charge is 0.496 e. The van der Waals surface area contributed by atoms with E-state index >= 15 is 0 Å².